The number of nitrogens with zero attached hydrogens (tertiary/aromatic N) is 3. The van der Waals surface area contributed by atoms with E-state index in [2.05, 4.69) is 16.3 Å². The highest BCUT2D eigenvalue weighted by Crippen LogP contribution is 2.34. The van der Waals surface area contributed by atoms with E-state index in [1.54, 1.807) is 30.3 Å². The van der Waals surface area contributed by atoms with Gasteiger partial charge in [0.25, 0.3) is 0 Å². The minimum atomic E-state index is -0.670. The highest BCUT2D eigenvalue weighted by atomic mass is 35.5. The van der Waals surface area contributed by atoms with Gasteiger partial charge in [-0.2, -0.15) is 10.4 Å². The van der Waals surface area contributed by atoms with E-state index >= 15 is 0 Å². The normalized spacial score (nSPS) is 11.9. The summed E-state index contributed by atoms with van der Waals surface area (Å²) >= 11 is 17.8. The minimum Gasteiger partial charge on any atom is -0.197 e. The van der Waals surface area contributed by atoms with E-state index in [1.165, 1.54) is 0 Å². The van der Waals surface area contributed by atoms with Gasteiger partial charge >= 0.3 is 0 Å². The molecule has 0 bridgehead atoms. The van der Waals surface area contributed by atoms with Crippen LogP contribution in [0.25, 0.3) is 0 Å². The van der Waals surface area contributed by atoms with Gasteiger partial charge in [0.2, 0.25) is 0 Å². The van der Waals surface area contributed by atoms with Crippen LogP contribution in [0.4, 0.5) is 0 Å². The van der Waals surface area contributed by atoms with Gasteiger partial charge in [0, 0.05) is 15.6 Å². The summed E-state index contributed by atoms with van der Waals surface area (Å²) in [5.41, 5.74) is 0.983. The molecule has 1 atom stereocenters. The van der Waals surface area contributed by atoms with E-state index in [-0.39, 0.29) is 5.15 Å². The van der Waals surface area contributed by atoms with Gasteiger partial charge in [0.1, 0.15) is 5.92 Å². The molecule has 0 unspecified atom stereocenters. The summed E-state index contributed by atoms with van der Waals surface area (Å²) in [7, 11) is 0. The van der Waals surface area contributed by atoms with Crippen molar-refractivity contribution in [2.75, 3.05) is 0 Å². The first-order valence-electron chi connectivity index (χ1n) is 4.96. The maximum atomic E-state index is 9.28. The molecule has 0 amide bonds. The van der Waals surface area contributed by atoms with Crippen molar-refractivity contribution in [3.63, 3.8) is 0 Å². The number of nitriles is 1. The SMILES string of the molecule is N#C[C@@H](c1ccc(Cl)nn1)c1c(Cl)cccc1Cl. The number of benzene rings is 1. The maximum absolute atomic E-state index is 9.28. The van der Waals surface area contributed by atoms with Crippen LogP contribution in [0.2, 0.25) is 15.2 Å². The lowest BCUT2D eigenvalue weighted by atomic mass is 9.97. The zero-order chi connectivity index (χ0) is 13.1. The average Bonchev–Trinajstić information content (AvgIpc) is 2.35. The molecule has 6 heteroatoms. The Bertz CT molecular complexity index is 585. The molecule has 1 aromatic heterocycles. The van der Waals surface area contributed by atoms with Crippen LogP contribution in [0, 0.1) is 11.3 Å². The fourth-order valence-corrected chi connectivity index (χ4v) is 2.26. The Morgan fingerprint density at radius 3 is 2.17 bits per heavy atom. The molecule has 2 aromatic rings. The minimum absolute atomic E-state index is 0.265. The lowest BCUT2D eigenvalue weighted by Gasteiger charge is -2.12. The van der Waals surface area contributed by atoms with E-state index in [0.29, 0.717) is 21.3 Å². The lowest BCUT2D eigenvalue weighted by molar-refractivity contribution is 0.885. The number of hydrogen-bond acceptors (Lipinski definition) is 3. The molecular weight excluding hydrogens is 293 g/mol. The second-order valence-electron chi connectivity index (χ2n) is 3.48. The van der Waals surface area contributed by atoms with Crippen LogP contribution < -0.4 is 0 Å². The zero-order valence-corrected chi connectivity index (χ0v) is 11.2. The van der Waals surface area contributed by atoms with Crippen molar-refractivity contribution in [3.8, 4) is 6.07 Å². The molecular formula is C12H6Cl3N3. The standard InChI is InChI=1S/C12H6Cl3N3/c13-8-2-1-3-9(14)12(8)7(6-16)10-4-5-11(15)18-17-10/h1-5,7H/t7-/m0/s1. The van der Waals surface area contributed by atoms with E-state index in [0.717, 1.165) is 0 Å². The van der Waals surface area contributed by atoms with Crippen LogP contribution in [0.15, 0.2) is 30.3 Å². The molecule has 0 aliphatic carbocycles. The second-order valence-corrected chi connectivity index (χ2v) is 4.68. The predicted molar refractivity (Wildman–Crippen MR) is 71.0 cm³/mol. The van der Waals surface area contributed by atoms with Gasteiger partial charge in [-0.25, -0.2) is 0 Å². The number of aromatic nitrogens is 2. The highest BCUT2D eigenvalue weighted by molar-refractivity contribution is 6.36. The third-order valence-electron chi connectivity index (χ3n) is 2.37. The third-order valence-corrected chi connectivity index (χ3v) is 3.23. The Morgan fingerprint density at radius 2 is 1.67 bits per heavy atom. The molecule has 0 saturated carbocycles. The van der Waals surface area contributed by atoms with E-state index in [9.17, 15) is 5.26 Å². The van der Waals surface area contributed by atoms with Crippen molar-refractivity contribution in [1.29, 1.82) is 5.26 Å². The van der Waals surface area contributed by atoms with Gasteiger partial charge in [-0.15, -0.1) is 5.10 Å². The summed E-state index contributed by atoms with van der Waals surface area (Å²) in [5.74, 6) is -0.670. The highest BCUT2D eigenvalue weighted by Gasteiger charge is 2.21. The predicted octanol–water partition coefficient (Wildman–Crippen LogP) is 4.09. The average molecular weight is 299 g/mol. The summed E-state index contributed by atoms with van der Waals surface area (Å²) in [6.07, 6.45) is 0. The van der Waals surface area contributed by atoms with E-state index < -0.39 is 5.92 Å². The molecule has 0 fully saturated rings. The molecule has 90 valence electrons. The Kier molecular flexibility index (Phi) is 4.03. The summed E-state index contributed by atoms with van der Waals surface area (Å²) in [4.78, 5) is 0. The maximum Gasteiger partial charge on any atom is 0.151 e. The lowest BCUT2D eigenvalue weighted by Crippen LogP contribution is -2.04. The van der Waals surface area contributed by atoms with Gasteiger partial charge in [-0.05, 0) is 24.3 Å². The second kappa shape index (κ2) is 5.53. The van der Waals surface area contributed by atoms with Crippen LogP contribution in [-0.4, -0.2) is 10.2 Å². The van der Waals surface area contributed by atoms with Crippen LogP contribution in [-0.2, 0) is 0 Å². The quantitative estimate of drug-likeness (QED) is 0.839. The molecule has 1 aromatic carbocycles. The van der Waals surface area contributed by atoms with Crippen molar-refractivity contribution in [2.45, 2.75) is 5.92 Å². The van der Waals surface area contributed by atoms with Crippen molar-refractivity contribution in [3.05, 3.63) is 56.8 Å². The van der Waals surface area contributed by atoms with Crippen molar-refractivity contribution >= 4 is 34.8 Å². The van der Waals surface area contributed by atoms with E-state index in [4.69, 9.17) is 34.8 Å². The molecule has 0 saturated heterocycles. The topological polar surface area (TPSA) is 49.6 Å². The third kappa shape index (κ3) is 2.56. The van der Waals surface area contributed by atoms with Crippen molar-refractivity contribution in [1.82, 2.24) is 10.2 Å². The summed E-state index contributed by atoms with van der Waals surface area (Å²) < 4.78 is 0. The Balaban J connectivity index is 2.53. The first-order chi connectivity index (χ1) is 8.63. The monoisotopic (exact) mass is 297 g/mol. The van der Waals surface area contributed by atoms with Gasteiger partial charge < -0.3 is 0 Å². The molecule has 1 heterocycles. The van der Waals surface area contributed by atoms with E-state index in [1.807, 2.05) is 0 Å². The summed E-state index contributed by atoms with van der Waals surface area (Å²) in [6.45, 7) is 0. The molecule has 3 nitrogen and oxygen atoms in total. The van der Waals surface area contributed by atoms with Gasteiger partial charge in [-0.3, -0.25) is 0 Å². The van der Waals surface area contributed by atoms with Crippen LogP contribution in [0.5, 0.6) is 0 Å². The first-order valence-corrected chi connectivity index (χ1v) is 6.09. The molecule has 0 radical (unpaired) electrons. The Hall–Kier alpha value is -1.34. The molecule has 0 spiro atoms. The first kappa shape index (κ1) is 13.1. The van der Waals surface area contributed by atoms with Crippen molar-refractivity contribution < 1.29 is 0 Å². The largest absolute Gasteiger partial charge is 0.197 e. The number of hydrogen-bond donors (Lipinski definition) is 0. The zero-order valence-electron chi connectivity index (χ0n) is 8.94. The molecule has 0 aliphatic rings. The summed E-state index contributed by atoms with van der Waals surface area (Å²) in [5, 5.41) is 18.0. The van der Waals surface area contributed by atoms with Crippen LogP contribution in [0.1, 0.15) is 17.2 Å². The van der Waals surface area contributed by atoms with Crippen molar-refractivity contribution in [2.24, 2.45) is 0 Å². The fraction of sp³-hybridized carbons (Fsp3) is 0.0833. The number of rotatable bonds is 2. The Morgan fingerprint density at radius 1 is 1.00 bits per heavy atom. The van der Waals surface area contributed by atoms with Gasteiger partial charge in [-0.1, -0.05) is 40.9 Å². The Labute approximate surface area is 119 Å². The molecule has 0 N–H and O–H groups in total. The molecule has 2 rings (SSSR count). The smallest absolute Gasteiger partial charge is 0.151 e. The molecule has 18 heavy (non-hydrogen) atoms. The van der Waals surface area contributed by atoms with Crippen LogP contribution in [0.3, 0.4) is 0 Å². The van der Waals surface area contributed by atoms with Crippen LogP contribution >= 0.6 is 34.8 Å². The summed E-state index contributed by atoms with van der Waals surface area (Å²) in [6, 6.07) is 10.4. The molecule has 0 aliphatic heterocycles. The number of halogens is 3. The van der Waals surface area contributed by atoms with Gasteiger partial charge in [0.15, 0.2) is 5.15 Å². The fourth-order valence-electron chi connectivity index (χ4n) is 1.55. The van der Waals surface area contributed by atoms with Gasteiger partial charge in [0.05, 0.1) is 11.8 Å².